The molecule has 0 aliphatic rings. The number of nitrogens with zero attached hydrogens (tertiary/aromatic N) is 3. The van der Waals surface area contributed by atoms with Crippen molar-refractivity contribution in [2.75, 3.05) is 10.6 Å². The molecule has 8 heteroatoms. The van der Waals surface area contributed by atoms with Gasteiger partial charge in [-0.25, -0.2) is 9.97 Å². The molecule has 0 fully saturated rings. The number of fused-ring (bicyclic) bond motifs is 1. The van der Waals surface area contributed by atoms with Gasteiger partial charge < -0.3 is 21.4 Å². The van der Waals surface area contributed by atoms with Crippen molar-refractivity contribution in [3.8, 4) is 0 Å². The van der Waals surface area contributed by atoms with Gasteiger partial charge in [-0.2, -0.15) is 4.98 Å². The second-order valence-electron chi connectivity index (χ2n) is 6.79. The van der Waals surface area contributed by atoms with Crippen LogP contribution >= 0.6 is 11.6 Å². The van der Waals surface area contributed by atoms with Gasteiger partial charge in [-0.15, -0.1) is 0 Å². The van der Waals surface area contributed by atoms with Crippen LogP contribution in [0.15, 0.2) is 54.9 Å². The topological polar surface area (TPSA) is 105 Å². The smallest absolute Gasteiger partial charge is 0.225 e. The van der Waals surface area contributed by atoms with Gasteiger partial charge in [0.25, 0.3) is 0 Å². The number of anilines is 2. The van der Waals surface area contributed by atoms with Crippen LogP contribution < -0.4 is 16.4 Å². The minimum Gasteiger partial charge on any atom is -0.377 e. The fourth-order valence-corrected chi connectivity index (χ4v) is 3.37. The number of hydrogen-bond acceptors (Lipinski definition) is 6. The predicted molar refractivity (Wildman–Crippen MR) is 117 cm³/mol. The highest BCUT2D eigenvalue weighted by molar-refractivity contribution is 6.30. The average Bonchev–Trinajstić information content (AvgIpc) is 3.20. The zero-order valence-electron chi connectivity index (χ0n) is 16.0. The van der Waals surface area contributed by atoms with Crippen LogP contribution in [0.25, 0.3) is 11.2 Å². The van der Waals surface area contributed by atoms with Gasteiger partial charge in [0.2, 0.25) is 5.95 Å². The lowest BCUT2D eigenvalue weighted by molar-refractivity contribution is 0.840. The van der Waals surface area contributed by atoms with Gasteiger partial charge in [-0.1, -0.05) is 41.9 Å². The number of nitrogens with one attached hydrogen (secondary N) is 3. The summed E-state index contributed by atoms with van der Waals surface area (Å²) in [5.41, 5.74) is 11.1. The van der Waals surface area contributed by atoms with E-state index in [4.69, 9.17) is 22.3 Å². The Labute approximate surface area is 173 Å². The third-order valence-electron chi connectivity index (χ3n) is 4.60. The maximum absolute atomic E-state index is 6.10. The summed E-state index contributed by atoms with van der Waals surface area (Å²) in [5, 5.41) is 7.41. The molecule has 0 radical (unpaired) electrons. The number of H-pyrrole nitrogens is 1. The molecule has 0 saturated carbocycles. The highest BCUT2D eigenvalue weighted by Gasteiger charge is 2.16. The van der Waals surface area contributed by atoms with Crippen molar-refractivity contribution in [1.82, 2.24) is 19.9 Å². The maximum atomic E-state index is 6.10. The number of nitrogens with two attached hydrogens (primary N) is 1. The Hall–Kier alpha value is -3.16. The van der Waals surface area contributed by atoms with Gasteiger partial charge in [0.15, 0.2) is 5.65 Å². The van der Waals surface area contributed by atoms with Crippen LogP contribution in [0.3, 0.4) is 0 Å². The number of halogens is 1. The zero-order chi connectivity index (χ0) is 20.2. The monoisotopic (exact) mass is 407 g/mol. The molecule has 0 aliphatic heterocycles. The van der Waals surface area contributed by atoms with Crippen molar-refractivity contribution in [3.05, 3.63) is 76.7 Å². The molecule has 4 rings (SSSR count). The lowest BCUT2D eigenvalue weighted by Crippen LogP contribution is -2.12. The number of aromatic nitrogens is 4. The summed E-state index contributed by atoms with van der Waals surface area (Å²) in [6, 6.07) is 15.6. The van der Waals surface area contributed by atoms with E-state index >= 15 is 0 Å². The molecule has 0 aliphatic carbocycles. The summed E-state index contributed by atoms with van der Waals surface area (Å²) in [6.45, 7) is 3.15. The van der Waals surface area contributed by atoms with Crippen molar-refractivity contribution in [2.45, 2.75) is 26.1 Å². The number of benzene rings is 2. The van der Waals surface area contributed by atoms with Crippen molar-refractivity contribution >= 4 is 34.4 Å². The van der Waals surface area contributed by atoms with Gasteiger partial charge in [0.05, 0.1) is 18.1 Å². The highest BCUT2D eigenvalue weighted by atomic mass is 35.5. The number of rotatable bonds is 7. The van der Waals surface area contributed by atoms with E-state index in [9.17, 15) is 0 Å². The van der Waals surface area contributed by atoms with Crippen LogP contribution in [-0.4, -0.2) is 19.9 Å². The minimum absolute atomic E-state index is 0.0941. The third-order valence-corrected chi connectivity index (χ3v) is 4.84. The zero-order valence-corrected chi connectivity index (χ0v) is 16.7. The SMILES string of the molecule is CC(Nc1cccc(Cl)c1)c1nc(NCc2cccc(CN)c2)nc2[nH]cnc12. The quantitative estimate of drug-likeness (QED) is 0.365. The first-order chi connectivity index (χ1) is 14.1. The molecule has 4 aromatic rings. The Morgan fingerprint density at radius 1 is 1.10 bits per heavy atom. The lowest BCUT2D eigenvalue weighted by Gasteiger charge is -2.16. The first-order valence-corrected chi connectivity index (χ1v) is 9.75. The first-order valence-electron chi connectivity index (χ1n) is 9.37. The Kier molecular flexibility index (Phi) is 5.59. The normalized spacial score (nSPS) is 12.1. The van der Waals surface area contributed by atoms with Crippen LogP contribution in [0.5, 0.6) is 0 Å². The van der Waals surface area contributed by atoms with E-state index < -0.39 is 0 Å². The fraction of sp³-hybridized carbons (Fsp3) is 0.190. The number of aromatic amines is 1. The molecule has 5 N–H and O–H groups in total. The van der Waals surface area contributed by atoms with Crippen LogP contribution in [-0.2, 0) is 13.1 Å². The molecular formula is C21H22ClN7. The van der Waals surface area contributed by atoms with Crippen molar-refractivity contribution < 1.29 is 0 Å². The first kappa shape index (κ1) is 19.2. The van der Waals surface area contributed by atoms with Crippen LogP contribution in [0, 0.1) is 0 Å². The standard InChI is InChI=1S/C21H22ClN7/c1-13(27-17-7-3-6-16(22)9-17)18-19-20(26-12-25-19)29-21(28-18)24-11-15-5-2-4-14(8-15)10-23/h2-9,12-13,27H,10-11,23H2,1H3,(H2,24,25,26,28,29). The lowest BCUT2D eigenvalue weighted by atomic mass is 10.1. The number of imidazole rings is 1. The second-order valence-corrected chi connectivity index (χ2v) is 7.22. The molecule has 0 spiro atoms. The summed E-state index contributed by atoms with van der Waals surface area (Å²) >= 11 is 6.10. The third kappa shape index (κ3) is 4.47. The van der Waals surface area contributed by atoms with E-state index in [1.165, 1.54) is 0 Å². The van der Waals surface area contributed by atoms with E-state index in [1.54, 1.807) is 6.33 Å². The Morgan fingerprint density at radius 2 is 1.93 bits per heavy atom. The molecule has 29 heavy (non-hydrogen) atoms. The maximum Gasteiger partial charge on any atom is 0.225 e. The van der Waals surface area contributed by atoms with Gasteiger partial charge in [-0.3, -0.25) is 0 Å². The average molecular weight is 408 g/mol. The van der Waals surface area contributed by atoms with Gasteiger partial charge in [0, 0.05) is 23.8 Å². The van der Waals surface area contributed by atoms with Crippen molar-refractivity contribution in [1.29, 1.82) is 0 Å². The molecule has 0 amide bonds. The molecule has 1 atom stereocenters. The van der Waals surface area contributed by atoms with Crippen LogP contribution in [0.4, 0.5) is 11.6 Å². The number of hydrogen-bond donors (Lipinski definition) is 4. The van der Waals surface area contributed by atoms with Gasteiger partial charge in [0.1, 0.15) is 5.52 Å². The van der Waals surface area contributed by atoms with Crippen molar-refractivity contribution in [3.63, 3.8) is 0 Å². The van der Waals surface area contributed by atoms with Gasteiger partial charge >= 0.3 is 0 Å². The summed E-state index contributed by atoms with van der Waals surface area (Å²) in [5.74, 6) is 0.537. The summed E-state index contributed by atoms with van der Waals surface area (Å²) in [4.78, 5) is 16.7. The van der Waals surface area contributed by atoms with E-state index in [-0.39, 0.29) is 6.04 Å². The Morgan fingerprint density at radius 3 is 2.76 bits per heavy atom. The molecule has 7 nitrogen and oxygen atoms in total. The summed E-state index contributed by atoms with van der Waals surface area (Å²) in [7, 11) is 0. The Bertz CT molecular complexity index is 1120. The summed E-state index contributed by atoms with van der Waals surface area (Å²) in [6.07, 6.45) is 1.63. The molecule has 2 aromatic carbocycles. The molecular weight excluding hydrogens is 386 g/mol. The van der Waals surface area contributed by atoms with E-state index in [1.807, 2.05) is 49.4 Å². The largest absolute Gasteiger partial charge is 0.377 e. The molecule has 148 valence electrons. The van der Waals surface area contributed by atoms with E-state index in [0.29, 0.717) is 29.7 Å². The van der Waals surface area contributed by atoms with Crippen LogP contribution in [0.2, 0.25) is 5.02 Å². The fourth-order valence-electron chi connectivity index (χ4n) is 3.18. The second kappa shape index (κ2) is 8.46. The molecule has 1 unspecified atom stereocenters. The molecule has 2 heterocycles. The van der Waals surface area contributed by atoms with E-state index in [0.717, 1.165) is 28.0 Å². The predicted octanol–water partition coefficient (Wildman–Crippen LogP) is 4.25. The molecule has 2 aromatic heterocycles. The van der Waals surface area contributed by atoms with Crippen LogP contribution in [0.1, 0.15) is 29.8 Å². The van der Waals surface area contributed by atoms with E-state index in [2.05, 4.69) is 31.7 Å². The highest BCUT2D eigenvalue weighted by Crippen LogP contribution is 2.25. The van der Waals surface area contributed by atoms with Crippen molar-refractivity contribution in [2.24, 2.45) is 5.73 Å². The molecule has 0 saturated heterocycles. The molecule has 0 bridgehead atoms. The Balaban J connectivity index is 1.58. The van der Waals surface area contributed by atoms with Gasteiger partial charge in [-0.05, 0) is 36.2 Å². The summed E-state index contributed by atoms with van der Waals surface area (Å²) < 4.78 is 0. The minimum atomic E-state index is -0.0941.